The van der Waals surface area contributed by atoms with E-state index in [0.29, 0.717) is 0 Å². The molecule has 0 radical (unpaired) electrons. The van der Waals surface area contributed by atoms with Crippen LogP contribution in [0, 0.1) is 6.08 Å². The molecule has 2 aromatic carbocycles. The molecule has 6 heteroatoms. The molecule has 0 bridgehead atoms. The Hall–Kier alpha value is -1.09. The second-order valence-electron chi connectivity index (χ2n) is 5.31. The third kappa shape index (κ3) is 6.62. The maximum Gasteiger partial charge on any atom is 0.138 e. The molecule has 0 N–H and O–H groups in total. The van der Waals surface area contributed by atoms with Crippen molar-refractivity contribution >= 4 is 27.8 Å². The van der Waals surface area contributed by atoms with Crippen LogP contribution in [-0.2, 0) is 20.8 Å². The fourth-order valence-electron chi connectivity index (χ4n) is 2.50. The van der Waals surface area contributed by atoms with Crippen molar-refractivity contribution in [1.82, 2.24) is 14.8 Å². The van der Waals surface area contributed by atoms with E-state index in [9.17, 15) is 0 Å². The van der Waals surface area contributed by atoms with Gasteiger partial charge in [0.05, 0.1) is 0 Å². The summed E-state index contributed by atoms with van der Waals surface area (Å²) in [5, 5.41) is 6.56. The van der Waals surface area contributed by atoms with Gasteiger partial charge >= 0.3 is 37.9 Å². The van der Waals surface area contributed by atoms with Crippen LogP contribution in [0.25, 0.3) is 16.5 Å². The second kappa shape index (κ2) is 11.5. The Kier molecular flexibility index (Phi) is 9.32. The van der Waals surface area contributed by atoms with Gasteiger partial charge < -0.3 is 0 Å². The molecule has 1 heterocycles. The predicted octanol–water partition coefficient (Wildman–Crippen LogP) is 5.99. The molecule has 128 valence electrons. The molecule has 1 aliphatic rings. The smallest absolute Gasteiger partial charge is 0.138 e. The van der Waals surface area contributed by atoms with Crippen molar-refractivity contribution in [2.45, 2.75) is 26.2 Å². The van der Waals surface area contributed by atoms with E-state index in [2.05, 4.69) is 59.5 Å². The molecule has 0 spiro atoms. The summed E-state index contributed by atoms with van der Waals surface area (Å²) in [7, 11) is 9.87. The molecule has 0 aliphatic heterocycles. The van der Waals surface area contributed by atoms with Crippen LogP contribution < -0.4 is 0 Å². The molecule has 0 unspecified atom stereocenters. The number of fused-ring (bicyclic) bond motifs is 1. The number of aromatic nitrogens is 3. The van der Waals surface area contributed by atoms with Gasteiger partial charge in [-0.2, -0.15) is 11.2 Å². The van der Waals surface area contributed by atoms with E-state index in [1.165, 1.54) is 35.5 Å². The van der Waals surface area contributed by atoms with Gasteiger partial charge in [-0.25, -0.2) is 21.3 Å². The summed E-state index contributed by atoms with van der Waals surface area (Å²) >= 11 is -0.826. The topological polar surface area (TPSA) is 30.7 Å². The van der Waals surface area contributed by atoms with Crippen molar-refractivity contribution < 1.29 is 20.8 Å². The van der Waals surface area contributed by atoms with E-state index in [1.54, 1.807) is 11.0 Å². The molecular weight excluding hydrogens is 432 g/mol. The van der Waals surface area contributed by atoms with Gasteiger partial charge in [-0.3, -0.25) is 6.08 Å². The van der Waals surface area contributed by atoms with E-state index < -0.39 is 20.8 Å². The Labute approximate surface area is 167 Å². The van der Waals surface area contributed by atoms with Crippen LogP contribution >= 0.6 is 17.0 Å². The molecule has 1 aromatic heterocycles. The monoisotopic (exact) mass is 449 g/mol. The van der Waals surface area contributed by atoms with Crippen molar-refractivity contribution in [2.24, 2.45) is 0 Å². The molecule has 3 aromatic rings. The Morgan fingerprint density at radius 1 is 1.32 bits per heavy atom. The van der Waals surface area contributed by atoms with E-state index >= 15 is 0 Å². The summed E-state index contributed by atoms with van der Waals surface area (Å²) < 4.78 is 1.76. The van der Waals surface area contributed by atoms with Gasteiger partial charge in [0.15, 0.2) is 0 Å². The first kappa shape index (κ1) is 20.2. The van der Waals surface area contributed by atoms with E-state index in [0.717, 1.165) is 12.1 Å². The van der Waals surface area contributed by atoms with E-state index in [4.69, 9.17) is 17.0 Å². The van der Waals surface area contributed by atoms with Gasteiger partial charge in [0.2, 0.25) is 0 Å². The van der Waals surface area contributed by atoms with Gasteiger partial charge in [0.1, 0.15) is 12.7 Å². The van der Waals surface area contributed by atoms with Gasteiger partial charge in [-0.1, -0.05) is 25.8 Å². The maximum atomic E-state index is 4.93. The fourth-order valence-corrected chi connectivity index (χ4v) is 2.50. The number of benzene rings is 1. The number of hydrogen-bond acceptors (Lipinski definition) is 2. The molecule has 0 amide bonds. The number of nitrogens with zero attached hydrogens (tertiary/aromatic N) is 3. The van der Waals surface area contributed by atoms with Gasteiger partial charge in [0.25, 0.3) is 0 Å². The van der Waals surface area contributed by atoms with Crippen LogP contribution in [-0.4, -0.2) is 14.8 Å². The summed E-state index contributed by atoms with van der Waals surface area (Å²) in [5.41, 5.74) is 2.45. The van der Waals surface area contributed by atoms with E-state index in [-0.39, 0.29) is 0 Å². The minimum Gasteiger partial charge on any atom is -0.240 e. The van der Waals surface area contributed by atoms with Crippen LogP contribution in [0.2, 0.25) is 0 Å². The maximum absolute atomic E-state index is 4.93. The minimum atomic E-state index is -0.826. The van der Waals surface area contributed by atoms with Crippen molar-refractivity contribution in [3.63, 3.8) is 0 Å². The second-order valence-corrected chi connectivity index (χ2v) is 9.04. The number of hydrogen-bond donors (Lipinski definition) is 0. The normalized spacial score (nSPS) is 11.9. The molecule has 0 fully saturated rings. The average Bonchev–Trinajstić information content (AvgIpc) is 3.37. The standard InChI is InChI=1S/C11H8N3.C8H11.2ClH.Zr/c1-2-4-10-6-11(5-9(10)3-1)14-8-12-7-13-14;1-2-5-8-6-3-4-7-8;;;/h1-8H;3,6H,2,4-5H2,1H3;2*1H;/q2*-1;;;+4/p-2. The molecule has 0 atom stereocenters. The molecule has 25 heavy (non-hydrogen) atoms. The number of halogens is 2. The van der Waals surface area contributed by atoms with Crippen LogP contribution in [0.5, 0.6) is 0 Å². The SMILES string of the molecule is CCCC1=[C-]CC=C1.[Cl][Zr+2][Cl].c1ccc2[cH-]c(-n3cncn3)cc2c1. The first-order chi connectivity index (χ1) is 12.3. The Morgan fingerprint density at radius 3 is 2.72 bits per heavy atom. The van der Waals surface area contributed by atoms with Crippen molar-refractivity contribution in [3.05, 3.63) is 72.9 Å². The summed E-state index contributed by atoms with van der Waals surface area (Å²) in [5.74, 6) is 0. The van der Waals surface area contributed by atoms with Crippen molar-refractivity contribution in [3.8, 4) is 5.69 Å². The molecule has 0 saturated carbocycles. The summed E-state index contributed by atoms with van der Waals surface area (Å²) in [6, 6.07) is 12.5. The van der Waals surface area contributed by atoms with Crippen LogP contribution in [0.1, 0.15) is 26.2 Å². The quantitative estimate of drug-likeness (QED) is 0.458. The fraction of sp³-hybridized carbons (Fsp3) is 0.211. The Bertz CT molecular complexity index is 774. The number of rotatable bonds is 3. The van der Waals surface area contributed by atoms with E-state index in [1.807, 2.05) is 12.1 Å². The number of allylic oxidation sites excluding steroid dienone is 4. The average molecular weight is 452 g/mol. The zero-order valence-electron chi connectivity index (χ0n) is 14.0. The molecule has 3 nitrogen and oxygen atoms in total. The molecule has 1 aliphatic carbocycles. The molecule has 0 saturated heterocycles. The summed E-state index contributed by atoms with van der Waals surface area (Å²) in [4.78, 5) is 3.92. The van der Waals surface area contributed by atoms with Crippen molar-refractivity contribution in [2.75, 3.05) is 0 Å². The first-order valence-electron chi connectivity index (χ1n) is 8.01. The van der Waals surface area contributed by atoms with Gasteiger partial charge in [-0.05, 0) is 5.69 Å². The third-order valence-electron chi connectivity index (χ3n) is 3.57. The molecule has 4 rings (SSSR count). The first-order valence-corrected chi connectivity index (χ1v) is 14.3. The summed E-state index contributed by atoms with van der Waals surface area (Å²) in [6.07, 6.45) is 14.3. The van der Waals surface area contributed by atoms with Gasteiger partial charge in [0, 0.05) is 0 Å². The van der Waals surface area contributed by atoms with Crippen LogP contribution in [0.4, 0.5) is 0 Å². The Morgan fingerprint density at radius 2 is 2.12 bits per heavy atom. The zero-order chi connectivity index (χ0) is 17.9. The molecular formula is C19H19Cl2N3Zr. The Balaban J connectivity index is 0.000000175. The third-order valence-corrected chi connectivity index (χ3v) is 3.57. The van der Waals surface area contributed by atoms with Crippen molar-refractivity contribution in [1.29, 1.82) is 0 Å². The predicted molar refractivity (Wildman–Crippen MR) is 102 cm³/mol. The van der Waals surface area contributed by atoms with Gasteiger partial charge in [-0.15, -0.1) is 47.5 Å². The minimum absolute atomic E-state index is 0.826. The van der Waals surface area contributed by atoms with Crippen LogP contribution in [0.15, 0.2) is 66.8 Å². The summed E-state index contributed by atoms with van der Waals surface area (Å²) in [6.45, 7) is 2.20. The largest absolute Gasteiger partial charge is 0.240 e. The zero-order valence-corrected chi connectivity index (χ0v) is 18.0. The van der Waals surface area contributed by atoms with Crippen LogP contribution in [0.3, 0.4) is 0 Å².